The summed E-state index contributed by atoms with van der Waals surface area (Å²) in [6.45, 7) is 5.99. The van der Waals surface area contributed by atoms with Gasteiger partial charge in [-0.1, -0.05) is 29.8 Å². The van der Waals surface area contributed by atoms with Gasteiger partial charge in [0.2, 0.25) is 10.0 Å². The fourth-order valence-corrected chi connectivity index (χ4v) is 3.26. The van der Waals surface area contributed by atoms with E-state index >= 15 is 0 Å². The largest absolute Gasteiger partial charge is 0.326 e. The monoisotopic (exact) mass is 288 g/mol. The van der Waals surface area contributed by atoms with Crippen LogP contribution in [0.25, 0.3) is 0 Å². The first kappa shape index (κ1) is 15.2. The highest BCUT2D eigenvalue weighted by Crippen LogP contribution is 2.25. The molecule has 0 aromatic heterocycles. The van der Waals surface area contributed by atoms with E-state index in [1.807, 2.05) is 0 Å². The zero-order valence-electron chi connectivity index (χ0n) is 10.5. The van der Waals surface area contributed by atoms with Crippen LogP contribution in [0.4, 0.5) is 0 Å². The SMILES string of the molecule is C=C(C)CN(C)S(=O)(=O)c1cc(CN)ccc1Cl. The van der Waals surface area contributed by atoms with Gasteiger partial charge in [-0.3, -0.25) is 0 Å². The summed E-state index contributed by atoms with van der Waals surface area (Å²) < 4.78 is 25.9. The van der Waals surface area contributed by atoms with Crippen LogP contribution in [-0.4, -0.2) is 26.3 Å². The van der Waals surface area contributed by atoms with E-state index in [1.54, 1.807) is 19.1 Å². The van der Waals surface area contributed by atoms with E-state index in [0.717, 1.165) is 11.1 Å². The summed E-state index contributed by atoms with van der Waals surface area (Å²) in [6, 6.07) is 4.76. The molecule has 0 saturated heterocycles. The van der Waals surface area contributed by atoms with E-state index in [4.69, 9.17) is 17.3 Å². The minimum Gasteiger partial charge on any atom is -0.326 e. The molecule has 6 heteroatoms. The van der Waals surface area contributed by atoms with Crippen molar-refractivity contribution in [2.75, 3.05) is 13.6 Å². The Bertz CT molecular complexity index is 555. The van der Waals surface area contributed by atoms with Crippen molar-refractivity contribution in [1.29, 1.82) is 0 Å². The normalized spacial score (nSPS) is 11.8. The summed E-state index contributed by atoms with van der Waals surface area (Å²) in [5.74, 6) is 0. The molecule has 0 radical (unpaired) electrons. The van der Waals surface area contributed by atoms with E-state index in [1.165, 1.54) is 17.4 Å². The van der Waals surface area contributed by atoms with Gasteiger partial charge in [0.05, 0.1) is 5.02 Å². The molecule has 4 nitrogen and oxygen atoms in total. The summed E-state index contributed by atoms with van der Waals surface area (Å²) in [7, 11) is -2.12. The molecule has 0 bridgehead atoms. The zero-order chi connectivity index (χ0) is 13.9. The molecule has 0 aliphatic rings. The van der Waals surface area contributed by atoms with Crippen molar-refractivity contribution in [3.63, 3.8) is 0 Å². The second-order valence-corrected chi connectivity index (χ2v) is 6.61. The Hall–Kier alpha value is -0.880. The molecule has 1 aromatic carbocycles. The first-order valence-electron chi connectivity index (χ1n) is 5.38. The highest BCUT2D eigenvalue weighted by atomic mass is 35.5. The molecule has 18 heavy (non-hydrogen) atoms. The quantitative estimate of drug-likeness (QED) is 0.843. The first-order chi connectivity index (χ1) is 8.28. The van der Waals surface area contributed by atoms with Crippen LogP contribution in [0, 0.1) is 0 Å². The number of rotatable bonds is 5. The average molecular weight is 289 g/mol. The van der Waals surface area contributed by atoms with Crippen LogP contribution in [0.2, 0.25) is 5.02 Å². The molecule has 100 valence electrons. The lowest BCUT2D eigenvalue weighted by Gasteiger charge is -2.18. The minimum absolute atomic E-state index is 0.0795. The fraction of sp³-hybridized carbons (Fsp3) is 0.333. The van der Waals surface area contributed by atoms with E-state index in [0.29, 0.717) is 0 Å². The molecule has 1 aromatic rings. The molecule has 0 aliphatic heterocycles. The van der Waals surface area contributed by atoms with E-state index in [-0.39, 0.29) is 23.0 Å². The second kappa shape index (κ2) is 5.84. The van der Waals surface area contributed by atoms with Crippen LogP contribution >= 0.6 is 11.6 Å². The van der Waals surface area contributed by atoms with Gasteiger partial charge in [-0.2, -0.15) is 4.31 Å². The second-order valence-electron chi connectivity index (χ2n) is 4.19. The molecule has 0 heterocycles. The van der Waals surface area contributed by atoms with E-state index in [9.17, 15) is 8.42 Å². The molecule has 0 unspecified atom stereocenters. The maximum atomic E-state index is 12.3. The van der Waals surface area contributed by atoms with Gasteiger partial charge in [0, 0.05) is 20.1 Å². The van der Waals surface area contributed by atoms with Gasteiger partial charge in [-0.15, -0.1) is 0 Å². The molecule has 0 fully saturated rings. The Morgan fingerprint density at radius 3 is 2.61 bits per heavy atom. The number of nitrogens with two attached hydrogens (primary N) is 1. The Balaban J connectivity index is 3.23. The highest BCUT2D eigenvalue weighted by molar-refractivity contribution is 7.89. The van der Waals surface area contributed by atoms with Crippen molar-refractivity contribution >= 4 is 21.6 Å². The van der Waals surface area contributed by atoms with Gasteiger partial charge >= 0.3 is 0 Å². The molecule has 0 saturated carbocycles. The predicted molar refractivity (Wildman–Crippen MR) is 74.0 cm³/mol. The zero-order valence-corrected chi connectivity index (χ0v) is 12.1. The number of sulfonamides is 1. The van der Waals surface area contributed by atoms with Crippen LogP contribution in [-0.2, 0) is 16.6 Å². The van der Waals surface area contributed by atoms with Crippen LogP contribution in [0.5, 0.6) is 0 Å². The smallest absolute Gasteiger partial charge is 0.244 e. The summed E-state index contributed by atoms with van der Waals surface area (Å²) in [4.78, 5) is 0.0795. The van der Waals surface area contributed by atoms with Crippen molar-refractivity contribution in [2.24, 2.45) is 5.73 Å². The topological polar surface area (TPSA) is 63.4 Å². The van der Waals surface area contributed by atoms with Crippen molar-refractivity contribution in [3.8, 4) is 0 Å². The number of hydrogen-bond donors (Lipinski definition) is 1. The summed E-state index contributed by atoms with van der Waals surface area (Å²) in [6.07, 6.45) is 0. The van der Waals surface area contributed by atoms with Crippen molar-refractivity contribution < 1.29 is 8.42 Å². The third kappa shape index (κ3) is 3.32. The summed E-state index contributed by atoms with van der Waals surface area (Å²) >= 11 is 5.95. The van der Waals surface area contributed by atoms with Crippen LogP contribution in [0.3, 0.4) is 0 Å². The molecule has 0 atom stereocenters. The number of likely N-dealkylation sites (N-methyl/N-ethyl adjacent to an activating group) is 1. The third-order valence-electron chi connectivity index (χ3n) is 2.41. The van der Waals surface area contributed by atoms with Gasteiger partial charge in [-0.25, -0.2) is 8.42 Å². The van der Waals surface area contributed by atoms with Crippen molar-refractivity contribution in [2.45, 2.75) is 18.4 Å². The van der Waals surface area contributed by atoms with Gasteiger partial charge in [-0.05, 0) is 24.6 Å². The van der Waals surface area contributed by atoms with Crippen molar-refractivity contribution in [1.82, 2.24) is 4.31 Å². The summed E-state index contributed by atoms with van der Waals surface area (Å²) in [5, 5.41) is 0.195. The Labute approximate surface area is 113 Å². The predicted octanol–water partition coefficient (Wildman–Crippen LogP) is 2.00. The van der Waals surface area contributed by atoms with Crippen LogP contribution in [0.15, 0.2) is 35.2 Å². The molecule has 2 N–H and O–H groups in total. The maximum absolute atomic E-state index is 12.3. The van der Waals surface area contributed by atoms with E-state index < -0.39 is 10.0 Å². The fourth-order valence-electron chi connectivity index (χ4n) is 1.51. The van der Waals surface area contributed by atoms with Gasteiger partial charge < -0.3 is 5.73 Å². The molecule has 1 rings (SSSR count). The highest BCUT2D eigenvalue weighted by Gasteiger charge is 2.23. The van der Waals surface area contributed by atoms with Gasteiger partial charge in [0.1, 0.15) is 4.90 Å². The number of halogens is 1. The molecular weight excluding hydrogens is 272 g/mol. The van der Waals surface area contributed by atoms with Gasteiger partial charge in [0.15, 0.2) is 0 Å². The van der Waals surface area contributed by atoms with Crippen LogP contribution in [0.1, 0.15) is 12.5 Å². The molecule has 0 aliphatic carbocycles. The summed E-state index contributed by atoms with van der Waals surface area (Å²) in [5.41, 5.74) is 6.98. The van der Waals surface area contributed by atoms with Crippen molar-refractivity contribution in [3.05, 3.63) is 40.9 Å². The van der Waals surface area contributed by atoms with Gasteiger partial charge in [0.25, 0.3) is 0 Å². The maximum Gasteiger partial charge on any atom is 0.244 e. The average Bonchev–Trinajstić information content (AvgIpc) is 2.28. The molecule has 0 spiro atoms. The minimum atomic E-state index is -3.61. The Kier molecular flexibility index (Phi) is 4.92. The lowest BCUT2D eigenvalue weighted by molar-refractivity contribution is 0.493. The lowest BCUT2D eigenvalue weighted by atomic mass is 10.2. The standard InChI is InChI=1S/C12H17ClN2O2S/c1-9(2)8-15(3)18(16,17)12-6-10(7-14)4-5-11(12)13/h4-6H,1,7-8,14H2,2-3H3. The number of nitrogens with zero attached hydrogens (tertiary/aromatic N) is 1. The third-order valence-corrected chi connectivity index (χ3v) is 4.70. The molecular formula is C12H17ClN2O2S. The molecule has 0 amide bonds. The Morgan fingerprint density at radius 2 is 2.11 bits per heavy atom. The number of hydrogen-bond acceptors (Lipinski definition) is 3. The van der Waals surface area contributed by atoms with E-state index in [2.05, 4.69) is 6.58 Å². The Morgan fingerprint density at radius 1 is 1.50 bits per heavy atom. The van der Waals surface area contributed by atoms with Crippen LogP contribution < -0.4 is 5.73 Å². The number of benzene rings is 1. The lowest BCUT2D eigenvalue weighted by Crippen LogP contribution is -2.28. The first-order valence-corrected chi connectivity index (χ1v) is 7.20.